The monoisotopic (exact) mass is 192 g/mol. The second-order valence-corrected chi connectivity index (χ2v) is 3.94. The first-order valence-corrected chi connectivity index (χ1v) is 4.65. The molecule has 1 aliphatic rings. The van der Waals surface area contributed by atoms with E-state index in [0.717, 1.165) is 25.0 Å². The molecule has 1 rings (SSSR count). The minimum absolute atomic E-state index is 0. The first kappa shape index (κ1) is 12.2. The van der Waals surface area contributed by atoms with E-state index in [2.05, 4.69) is 31.0 Å². The van der Waals surface area contributed by atoms with E-state index in [-0.39, 0.29) is 12.4 Å². The largest absolute Gasteiger partial charge is 0.314 e. The molecule has 1 N–H and O–H groups in total. The van der Waals surface area contributed by atoms with Crippen molar-refractivity contribution >= 4 is 12.4 Å². The third-order valence-electron chi connectivity index (χ3n) is 2.24. The molecule has 1 saturated heterocycles. The summed E-state index contributed by atoms with van der Waals surface area (Å²) in [7, 11) is 0. The van der Waals surface area contributed by atoms with Gasteiger partial charge in [-0.05, 0) is 12.8 Å². The van der Waals surface area contributed by atoms with Crippen LogP contribution < -0.4 is 5.32 Å². The van der Waals surface area contributed by atoms with Crippen LogP contribution in [-0.2, 0) is 0 Å². The Balaban J connectivity index is 0.00000121. The molecule has 12 heavy (non-hydrogen) atoms. The molecule has 74 valence electrons. The lowest BCUT2D eigenvalue weighted by atomic mass is 10.1. The summed E-state index contributed by atoms with van der Waals surface area (Å²) in [5.41, 5.74) is 0. The summed E-state index contributed by atoms with van der Waals surface area (Å²) in [5.74, 6) is 0.801. The van der Waals surface area contributed by atoms with Crippen molar-refractivity contribution < 1.29 is 0 Å². The summed E-state index contributed by atoms with van der Waals surface area (Å²) in [6.45, 7) is 11.7. The van der Waals surface area contributed by atoms with Gasteiger partial charge in [0.25, 0.3) is 0 Å². The Morgan fingerprint density at radius 1 is 1.50 bits per heavy atom. The Morgan fingerprint density at radius 2 is 2.17 bits per heavy atom. The maximum atomic E-state index is 3.40. The van der Waals surface area contributed by atoms with Crippen LogP contribution in [-0.4, -0.2) is 37.1 Å². The van der Waals surface area contributed by atoms with Crippen LogP contribution in [0.25, 0.3) is 0 Å². The molecule has 0 spiro atoms. The topological polar surface area (TPSA) is 15.3 Å². The Hall–Kier alpha value is 0.210. The highest BCUT2D eigenvalue weighted by molar-refractivity contribution is 5.85. The zero-order valence-corrected chi connectivity index (χ0v) is 9.16. The van der Waals surface area contributed by atoms with E-state index in [1.54, 1.807) is 0 Å². The molecule has 3 heteroatoms. The van der Waals surface area contributed by atoms with Gasteiger partial charge in [-0.1, -0.05) is 13.8 Å². The molecule has 0 aromatic heterocycles. The van der Waals surface area contributed by atoms with Gasteiger partial charge >= 0.3 is 0 Å². The summed E-state index contributed by atoms with van der Waals surface area (Å²) in [6.07, 6.45) is 0. The Labute approximate surface area is 82.1 Å². The molecule has 1 fully saturated rings. The van der Waals surface area contributed by atoms with Gasteiger partial charge in [-0.15, -0.1) is 12.4 Å². The third-order valence-corrected chi connectivity index (χ3v) is 2.24. The lowest BCUT2D eigenvalue weighted by Crippen LogP contribution is -2.50. The fourth-order valence-corrected chi connectivity index (χ4v) is 1.62. The van der Waals surface area contributed by atoms with E-state index in [4.69, 9.17) is 0 Å². The molecule has 0 radical (unpaired) electrons. The SMILES string of the molecule is CC(C)CN1CCNC[C@H]1C.Cl. The zero-order chi connectivity index (χ0) is 8.27. The fraction of sp³-hybridized carbons (Fsp3) is 1.00. The van der Waals surface area contributed by atoms with Crippen molar-refractivity contribution in [3.8, 4) is 0 Å². The molecule has 0 aromatic rings. The molecule has 0 bridgehead atoms. The number of hydrogen-bond donors (Lipinski definition) is 1. The molecule has 0 saturated carbocycles. The van der Waals surface area contributed by atoms with Crippen LogP contribution in [0.3, 0.4) is 0 Å². The highest BCUT2D eigenvalue weighted by Crippen LogP contribution is 2.05. The second-order valence-electron chi connectivity index (χ2n) is 3.94. The summed E-state index contributed by atoms with van der Waals surface area (Å²) in [6, 6.07) is 0.728. The predicted molar refractivity (Wildman–Crippen MR) is 56.0 cm³/mol. The fourth-order valence-electron chi connectivity index (χ4n) is 1.62. The highest BCUT2D eigenvalue weighted by Gasteiger charge is 2.17. The highest BCUT2D eigenvalue weighted by atomic mass is 35.5. The number of hydrogen-bond acceptors (Lipinski definition) is 2. The van der Waals surface area contributed by atoms with E-state index in [1.807, 2.05) is 0 Å². The van der Waals surface area contributed by atoms with E-state index < -0.39 is 0 Å². The van der Waals surface area contributed by atoms with E-state index in [9.17, 15) is 0 Å². The Kier molecular flexibility index (Phi) is 5.89. The lowest BCUT2D eigenvalue weighted by Gasteiger charge is -2.34. The Morgan fingerprint density at radius 3 is 2.67 bits per heavy atom. The van der Waals surface area contributed by atoms with E-state index in [0.29, 0.717) is 0 Å². The first-order valence-electron chi connectivity index (χ1n) is 4.65. The smallest absolute Gasteiger partial charge is 0.0193 e. The average molecular weight is 193 g/mol. The molecular formula is C9H21ClN2. The molecular weight excluding hydrogens is 172 g/mol. The van der Waals surface area contributed by atoms with Crippen molar-refractivity contribution in [2.45, 2.75) is 26.8 Å². The number of halogens is 1. The molecule has 0 aromatic carbocycles. The van der Waals surface area contributed by atoms with Gasteiger partial charge in [0, 0.05) is 32.2 Å². The molecule has 0 unspecified atom stereocenters. The first-order chi connectivity index (χ1) is 5.20. The maximum absolute atomic E-state index is 3.40. The standard InChI is InChI=1S/C9H20N2.ClH/c1-8(2)7-11-5-4-10-6-9(11)3;/h8-10H,4-7H2,1-3H3;1H/t9-;/m1./s1. The van der Waals surface area contributed by atoms with Crippen LogP contribution in [0.1, 0.15) is 20.8 Å². The van der Waals surface area contributed by atoms with Crippen LogP contribution in [0.2, 0.25) is 0 Å². The van der Waals surface area contributed by atoms with Crippen molar-refractivity contribution in [3.05, 3.63) is 0 Å². The van der Waals surface area contributed by atoms with Crippen molar-refractivity contribution in [2.24, 2.45) is 5.92 Å². The van der Waals surface area contributed by atoms with Crippen LogP contribution in [0.15, 0.2) is 0 Å². The van der Waals surface area contributed by atoms with Crippen molar-refractivity contribution in [1.82, 2.24) is 10.2 Å². The van der Waals surface area contributed by atoms with E-state index in [1.165, 1.54) is 13.1 Å². The minimum atomic E-state index is 0. The lowest BCUT2D eigenvalue weighted by molar-refractivity contribution is 0.156. The molecule has 1 aliphatic heterocycles. The van der Waals surface area contributed by atoms with Crippen molar-refractivity contribution in [3.63, 3.8) is 0 Å². The summed E-state index contributed by atoms with van der Waals surface area (Å²) in [5, 5.41) is 3.40. The van der Waals surface area contributed by atoms with Gasteiger partial charge in [0.05, 0.1) is 0 Å². The van der Waals surface area contributed by atoms with Crippen molar-refractivity contribution in [1.29, 1.82) is 0 Å². The second kappa shape index (κ2) is 5.79. The van der Waals surface area contributed by atoms with Crippen LogP contribution in [0.4, 0.5) is 0 Å². The van der Waals surface area contributed by atoms with Gasteiger partial charge < -0.3 is 5.32 Å². The molecule has 0 aliphatic carbocycles. The zero-order valence-electron chi connectivity index (χ0n) is 8.34. The van der Waals surface area contributed by atoms with Gasteiger partial charge in [-0.2, -0.15) is 0 Å². The van der Waals surface area contributed by atoms with Gasteiger partial charge in [0.15, 0.2) is 0 Å². The quantitative estimate of drug-likeness (QED) is 0.711. The minimum Gasteiger partial charge on any atom is -0.314 e. The average Bonchev–Trinajstić information content (AvgIpc) is 1.93. The molecule has 0 amide bonds. The summed E-state index contributed by atoms with van der Waals surface area (Å²) < 4.78 is 0. The normalized spacial score (nSPS) is 25.5. The molecule has 1 heterocycles. The van der Waals surface area contributed by atoms with Crippen LogP contribution in [0, 0.1) is 5.92 Å². The maximum Gasteiger partial charge on any atom is 0.0193 e. The van der Waals surface area contributed by atoms with Gasteiger partial charge in [-0.25, -0.2) is 0 Å². The molecule has 2 nitrogen and oxygen atoms in total. The van der Waals surface area contributed by atoms with Gasteiger partial charge in [0.2, 0.25) is 0 Å². The third kappa shape index (κ3) is 3.74. The van der Waals surface area contributed by atoms with E-state index >= 15 is 0 Å². The van der Waals surface area contributed by atoms with Crippen LogP contribution >= 0.6 is 12.4 Å². The number of rotatable bonds is 2. The van der Waals surface area contributed by atoms with Gasteiger partial charge in [0.1, 0.15) is 0 Å². The Bertz CT molecular complexity index is 117. The van der Waals surface area contributed by atoms with Gasteiger partial charge in [-0.3, -0.25) is 4.90 Å². The van der Waals surface area contributed by atoms with Crippen LogP contribution in [0.5, 0.6) is 0 Å². The predicted octanol–water partition coefficient (Wildman–Crippen LogP) is 1.36. The van der Waals surface area contributed by atoms with Crippen molar-refractivity contribution in [2.75, 3.05) is 26.2 Å². The summed E-state index contributed by atoms with van der Waals surface area (Å²) >= 11 is 0. The number of nitrogens with one attached hydrogen (secondary N) is 1. The molecule has 1 atom stereocenters. The number of nitrogens with zero attached hydrogens (tertiary/aromatic N) is 1. The summed E-state index contributed by atoms with van der Waals surface area (Å²) in [4.78, 5) is 2.57. The number of piperazine rings is 1.